The molecule has 2 heterocycles. The third-order valence-corrected chi connectivity index (χ3v) is 5.30. The highest BCUT2D eigenvalue weighted by Gasteiger charge is 2.43. The van der Waals surface area contributed by atoms with Gasteiger partial charge in [-0.15, -0.1) is 0 Å². The predicted molar refractivity (Wildman–Crippen MR) is 89.1 cm³/mol. The van der Waals surface area contributed by atoms with Crippen LogP contribution in [0.1, 0.15) is 37.1 Å². The number of aryl methyl sites for hydroxylation is 2. The van der Waals surface area contributed by atoms with E-state index in [9.17, 15) is 4.39 Å². The molecule has 4 rings (SSSR count). The van der Waals surface area contributed by atoms with E-state index in [1.807, 2.05) is 6.07 Å². The second kappa shape index (κ2) is 6.26. The molecule has 0 amide bonds. The minimum atomic E-state index is -0.248. The molecule has 2 aliphatic rings. The number of rotatable bonds is 6. The number of fused-ring (bicyclic) bond motifs is 2. The van der Waals surface area contributed by atoms with Crippen LogP contribution < -0.4 is 10.6 Å². The zero-order chi connectivity index (χ0) is 16.6. The highest BCUT2D eigenvalue weighted by molar-refractivity contribution is 5.54. The predicted octanol–water partition coefficient (Wildman–Crippen LogP) is 2.60. The lowest BCUT2D eigenvalue weighted by Crippen LogP contribution is -2.47. The van der Waals surface area contributed by atoms with Crippen molar-refractivity contribution in [1.82, 2.24) is 20.8 Å². The van der Waals surface area contributed by atoms with Crippen LogP contribution in [0.15, 0.2) is 22.7 Å². The molecule has 2 unspecified atom stereocenters. The molecule has 2 aromatic rings. The second-order valence-electron chi connectivity index (χ2n) is 7.11. The fourth-order valence-corrected chi connectivity index (χ4v) is 3.82. The molecule has 2 atom stereocenters. The zero-order valence-corrected chi connectivity index (χ0v) is 13.9. The first kappa shape index (κ1) is 15.7. The van der Waals surface area contributed by atoms with Crippen molar-refractivity contribution in [2.24, 2.45) is 0 Å². The molecule has 1 aromatic carbocycles. The van der Waals surface area contributed by atoms with Gasteiger partial charge >= 0.3 is 0 Å². The molecular weight excluding hydrogens is 307 g/mol. The van der Waals surface area contributed by atoms with E-state index >= 15 is 0 Å². The fourth-order valence-electron chi connectivity index (χ4n) is 3.82. The van der Waals surface area contributed by atoms with Gasteiger partial charge in [0.05, 0.1) is 0 Å². The summed E-state index contributed by atoms with van der Waals surface area (Å²) in [5.41, 5.74) is 1.58. The SMILES string of the molecule is Cc1ccc(-c2noc(CCCNC34CCC(C3)NC4)n2)cc1F. The second-order valence-corrected chi connectivity index (χ2v) is 7.11. The van der Waals surface area contributed by atoms with E-state index < -0.39 is 0 Å². The lowest BCUT2D eigenvalue weighted by atomic mass is 9.99. The summed E-state index contributed by atoms with van der Waals surface area (Å²) in [5, 5.41) is 11.2. The van der Waals surface area contributed by atoms with Gasteiger partial charge in [0.2, 0.25) is 11.7 Å². The number of aromatic nitrogens is 2. The number of halogens is 1. The van der Waals surface area contributed by atoms with E-state index in [4.69, 9.17) is 4.52 Å². The molecule has 5 nitrogen and oxygen atoms in total. The Kier molecular flexibility index (Phi) is 4.10. The minimum Gasteiger partial charge on any atom is -0.339 e. The van der Waals surface area contributed by atoms with Crippen molar-refractivity contribution < 1.29 is 8.91 Å². The summed E-state index contributed by atoms with van der Waals surface area (Å²) in [6.45, 7) is 3.77. The average Bonchev–Trinajstić information content (AvgIpc) is 3.30. The number of piperidine rings is 1. The first-order chi connectivity index (χ1) is 11.6. The maximum atomic E-state index is 13.6. The third kappa shape index (κ3) is 3.08. The summed E-state index contributed by atoms with van der Waals surface area (Å²) in [5.74, 6) is 0.815. The first-order valence-electron chi connectivity index (χ1n) is 8.71. The van der Waals surface area contributed by atoms with Gasteiger partial charge in [-0.2, -0.15) is 4.98 Å². The van der Waals surface area contributed by atoms with Gasteiger partial charge in [-0.3, -0.25) is 0 Å². The molecular formula is C18H23FN4O. The molecule has 1 saturated heterocycles. The van der Waals surface area contributed by atoms with Crippen molar-refractivity contribution in [2.75, 3.05) is 13.1 Å². The van der Waals surface area contributed by atoms with Gasteiger partial charge in [0, 0.05) is 30.1 Å². The highest BCUT2D eigenvalue weighted by Crippen LogP contribution is 2.34. The Balaban J connectivity index is 1.30. The van der Waals surface area contributed by atoms with E-state index in [2.05, 4.69) is 20.8 Å². The zero-order valence-electron chi connectivity index (χ0n) is 13.9. The third-order valence-electron chi connectivity index (χ3n) is 5.30. The Morgan fingerprint density at radius 3 is 3.08 bits per heavy atom. The van der Waals surface area contributed by atoms with Gasteiger partial charge < -0.3 is 15.2 Å². The Hall–Kier alpha value is -1.79. The largest absolute Gasteiger partial charge is 0.339 e. The van der Waals surface area contributed by atoms with Crippen LogP contribution in [0.25, 0.3) is 11.4 Å². The van der Waals surface area contributed by atoms with Crippen LogP contribution in [-0.4, -0.2) is 34.8 Å². The lowest BCUT2D eigenvalue weighted by molar-refractivity contribution is 0.334. The van der Waals surface area contributed by atoms with Gasteiger partial charge in [-0.05, 0) is 50.8 Å². The number of benzene rings is 1. The van der Waals surface area contributed by atoms with E-state index in [1.165, 1.54) is 25.3 Å². The van der Waals surface area contributed by atoms with E-state index in [0.29, 0.717) is 34.4 Å². The van der Waals surface area contributed by atoms with Crippen molar-refractivity contribution in [3.8, 4) is 11.4 Å². The van der Waals surface area contributed by atoms with Gasteiger partial charge in [0.25, 0.3) is 0 Å². The van der Waals surface area contributed by atoms with Crippen LogP contribution in [0.5, 0.6) is 0 Å². The van der Waals surface area contributed by atoms with Crippen molar-refractivity contribution in [2.45, 2.75) is 50.6 Å². The van der Waals surface area contributed by atoms with Gasteiger partial charge in [0.1, 0.15) is 5.82 Å². The quantitative estimate of drug-likeness (QED) is 0.797. The molecule has 2 fully saturated rings. The Bertz CT molecular complexity index is 722. The van der Waals surface area contributed by atoms with Crippen LogP contribution >= 0.6 is 0 Å². The van der Waals surface area contributed by atoms with E-state index in [0.717, 1.165) is 25.9 Å². The van der Waals surface area contributed by atoms with Crippen molar-refractivity contribution in [3.05, 3.63) is 35.5 Å². The minimum absolute atomic E-state index is 0.248. The molecule has 1 aromatic heterocycles. The van der Waals surface area contributed by atoms with Crippen molar-refractivity contribution >= 4 is 0 Å². The van der Waals surface area contributed by atoms with E-state index in [1.54, 1.807) is 13.0 Å². The van der Waals surface area contributed by atoms with Crippen LogP contribution in [0.3, 0.4) is 0 Å². The topological polar surface area (TPSA) is 63.0 Å². The highest BCUT2D eigenvalue weighted by atomic mass is 19.1. The monoisotopic (exact) mass is 330 g/mol. The summed E-state index contributed by atoms with van der Waals surface area (Å²) in [6.07, 6.45) is 5.50. The van der Waals surface area contributed by atoms with Crippen LogP contribution in [0, 0.1) is 12.7 Å². The molecule has 0 spiro atoms. The number of hydrogen-bond donors (Lipinski definition) is 2. The van der Waals surface area contributed by atoms with Gasteiger partial charge in [0.15, 0.2) is 0 Å². The standard InChI is InChI=1S/C18H23FN4O/c1-12-4-5-13(9-15(12)19)17-22-16(24-23-17)3-2-8-21-18-7-6-14(10-18)20-11-18/h4-5,9,14,20-21H,2-3,6-8,10-11H2,1H3. The molecule has 6 heteroatoms. The number of nitrogens with one attached hydrogen (secondary N) is 2. The summed E-state index contributed by atoms with van der Waals surface area (Å²) in [7, 11) is 0. The summed E-state index contributed by atoms with van der Waals surface area (Å²) < 4.78 is 18.9. The lowest BCUT2D eigenvalue weighted by Gasteiger charge is -2.27. The normalized spacial score (nSPS) is 25.5. The Labute approximate surface area is 141 Å². The first-order valence-corrected chi connectivity index (χ1v) is 8.71. The molecule has 1 aliphatic heterocycles. The average molecular weight is 330 g/mol. The van der Waals surface area contributed by atoms with Gasteiger partial charge in [-0.25, -0.2) is 4.39 Å². The summed E-state index contributed by atoms with van der Waals surface area (Å²) in [4.78, 5) is 4.38. The molecule has 128 valence electrons. The Morgan fingerprint density at radius 2 is 2.38 bits per heavy atom. The maximum absolute atomic E-state index is 13.6. The summed E-state index contributed by atoms with van der Waals surface area (Å²) >= 11 is 0. The van der Waals surface area contributed by atoms with Gasteiger partial charge in [-0.1, -0.05) is 17.3 Å². The van der Waals surface area contributed by atoms with E-state index in [-0.39, 0.29) is 5.82 Å². The molecule has 2 N–H and O–H groups in total. The van der Waals surface area contributed by atoms with Crippen molar-refractivity contribution in [3.63, 3.8) is 0 Å². The summed E-state index contributed by atoms with van der Waals surface area (Å²) in [6, 6.07) is 5.71. The fraction of sp³-hybridized carbons (Fsp3) is 0.556. The number of nitrogens with zero attached hydrogens (tertiary/aromatic N) is 2. The maximum Gasteiger partial charge on any atom is 0.227 e. The molecule has 0 radical (unpaired) electrons. The molecule has 1 saturated carbocycles. The Morgan fingerprint density at radius 1 is 1.46 bits per heavy atom. The molecule has 1 aliphatic carbocycles. The van der Waals surface area contributed by atoms with Crippen LogP contribution in [0.4, 0.5) is 4.39 Å². The van der Waals surface area contributed by atoms with Crippen LogP contribution in [0.2, 0.25) is 0 Å². The number of hydrogen-bond acceptors (Lipinski definition) is 5. The molecule has 2 bridgehead atoms. The molecule has 24 heavy (non-hydrogen) atoms. The van der Waals surface area contributed by atoms with Crippen LogP contribution in [-0.2, 0) is 6.42 Å². The van der Waals surface area contributed by atoms with Crippen molar-refractivity contribution in [1.29, 1.82) is 0 Å². The smallest absolute Gasteiger partial charge is 0.227 e.